The summed E-state index contributed by atoms with van der Waals surface area (Å²) in [4.78, 5) is 15.1. The normalized spacial score (nSPS) is 16.4. The first-order chi connectivity index (χ1) is 12.8. The maximum absolute atomic E-state index is 11.9. The van der Waals surface area contributed by atoms with Gasteiger partial charge >= 0.3 is 0 Å². The van der Waals surface area contributed by atoms with Crippen molar-refractivity contribution in [2.75, 3.05) is 19.5 Å². The highest BCUT2D eigenvalue weighted by Gasteiger charge is 2.15. The lowest BCUT2D eigenvalue weighted by atomic mass is 9.93. The lowest BCUT2D eigenvalue weighted by Gasteiger charge is -2.20. The van der Waals surface area contributed by atoms with E-state index in [1.165, 1.54) is 6.26 Å². The predicted octanol–water partition coefficient (Wildman–Crippen LogP) is 3.48. The van der Waals surface area contributed by atoms with Crippen LogP contribution in [0.25, 0.3) is 5.57 Å². The highest BCUT2D eigenvalue weighted by molar-refractivity contribution is 7.90. The van der Waals surface area contributed by atoms with Crippen LogP contribution in [0, 0.1) is 5.92 Å². The first kappa shape index (κ1) is 19.9. The number of pyridine rings is 1. The number of ether oxygens (including phenoxy) is 1. The van der Waals surface area contributed by atoms with Crippen LogP contribution in [-0.4, -0.2) is 32.9 Å². The molecule has 2 aromatic rings. The lowest BCUT2D eigenvalue weighted by Crippen LogP contribution is -2.15. The molecule has 1 fully saturated rings. The Kier molecular flexibility index (Phi) is 6.19. The number of aromatic nitrogens is 1. The minimum absolute atomic E-state index is 0.154. The molecular weight excluding hydrogens is 386 g/mol. The summed E-state index contributed by atoms with van der Waals surface area (Å²) in [5.74, 6) is 0.378. The molecule has 1 aliphatic heterocycles. The van der Waals surface area contributed by atoms with Crippen LogP contribution in [0.2, 0.25) is 5.02 Å². The summed E-state index contributed by atoms with van der Waals surface area (Å²) in [5, 5.41) is 0.154. The Morgan fingerprint density at radius 3 is 2.44 bits per heavy atom. The number of benzene rings is 1. The van der Waals surface area contributed by atoms with E-state index in [0.29, 0.717) is 17.2 Å². The van der Waals surface area contributed by atoms with E-state index >= 15 is 0 Å². The van der Waals surface area contributed by atoms with E-state index in [9.17, 15) is 13.2 Å². The number of rotatable bonds is 5. The fraction of sp³-hybridized carbons (Fsp3) is 0.350. The molecule has 0 radical (unpaired) electrons. The summed E-state index contributed by atoms with van der Waals surface area (Å²) in [7, 11) is -3.22. The van der Waals surface area contributed by atoms with Crippen molar-refractivity contribution < 1.29 is 13.2 Å². The van der Waals surface area contributed by atoms with Crippen LogP contribution in [0.1, 0.15) is 24.1 Å². The Balaban J connectivity index is 1.92. The number of H-pyrrole nitrogens is 1. The monoisotopic (exact) mass is 407 g/mol. The number of hydrogen-bond donors (Lipinski definition) is 1. The van der Waals surface area contributed by atoms with E-state index in [2.05, 4.69) is 11.1 Å². The van der Waals surface area contributed by atoms with Crippen molar-refractivity contribution in [3.63, 3.8) is 0 Å². The Morgan fingerprint density at radius 2 is 1.85 bits per heavy atom. The molecule has 7 heteroatoms. The van der Waals surface area contributed by atoms with Gasteiger partial charge in [0.1, 0.15) is 5.02 Å². The van der Waals surface area contributed by atoms with Gasteiger partial charge in [-0.25, -0.2) is 8.42 Å². The Hall–Kier alpha value is -1.89. The topological polar surface area (TPSA) is 76.2 Å². The summed E-state index contributed by atoms with van der Waals surface area (Å²) in [6, 6.07) is 10.2. The number of halogens is 1. The van der Waals surface area contributed by atoms with Gasteiger partial charge in [-0.3, -0.25) is 4.79 Å². The largest absolute Gasteiger partial charge is 0.381 e. The average molecular weight is 408 g/mol. The predicted molar refractivity (Wildman–Crippen MR) is 107 cm³/mol. The molecule has 2 heterocycles. The number of sulfone groups is 1. The average Bonchev–Trinajstić information content (AvgIpc) is 2.64. The Labute approximate surface area is 164 Å². The van der Waals surface area contributed by atoms with Gasteiger partial charge in [0.2, 0.25) is 0 Å². The van der Waals surface area contributed by atoms with Gasteiger partial charge in [0.25, 0.3) is 5.56 Å². The molecule has 144 valence electrons. The number of nitrogens with one attached hydrogen (secondary N) is 1. The standard InChI is InChI=1S/C20H22ClNO4S/c1-27(24,25)17-4-2-14(3-5-17)12-16(13-15-8-10-26-11-9-15)19-7-6-18(21)20(23)22-19/h2-7,13,15H,8-12H2,1H3,(H,22,23)/b16-13-. The number of hydrogen-bond acceptors (Lipinski definition) is 4. The van der Waals surface area contributed by atoms with Crippen molar-refractivity contribution >= 4 is 27.0 Å². The van der Waals surface area contributed by atoms with E-state index in [0.717, 1.165) is 42.9 Å². The minimum atomic E-state index is -3.22. The second-order valence-corrected chi connectivity index (χ2v) is 9.21. The smallest absolute Gasteiger partial charge is 0.267 e. The quantitative estimate of drug-likeness (QED) is 0.823. The van der Waals surface area contributed by atoms with Crippen molar-refractivity contribution in [1.29, 1.82) is 0 Å². The van der Waals surface area contributed by atoms with Gasteiger partial charge in [0.15, 0.2) is 9.84 Å². The van der Waals surface area contributed by atoms with Gasteiger partial charge in [-0.15, -0.1) is 0 Å². The Morgan fingerprint density at radius 1 is 1.19 bits per heavy atom. The van der Waals surface area contributed by atoms with E-state index < -0.39 is 9.84 Å². The third kappa shape index (κ3) is 5.31. The van der Waals surface area contributed by atoms with Crippen LogP contribution < -0.4 is 5.56 Å². The highest BCUT2D eigenvalue weighted by atomic mass is 35.5. The third-order valence-corrected chi connectivity index (χ3v) is 6.08. The zero-order valence-corrected chi connectivity index (χ0v) is 16.6. The van der Waals surface area contributed by atoms with Crippen molar-refractivity contribution in [2.24, 2.45) is 5.92 Å². The molecule has 1 aromatic carbocycles. The van der Waals surface area contributed by atoms with Gasteiger partial charge in [0, 0.05) is 25.2 Å². The lowest BCUT2D eigenvalue weighted by molar-refractivity contribution is 0.0786. The van der Waals surface area contributed by atoms with E-state index in [-0.39, 0.29) is 10.6 Å². The summed E-state index contributed by atoms with van der Waals surface area (Å²) in [6.07, 6.45) is 5.84. The fourth-order valence-electron chi connectivity index (χ4n) is 3.13. The minimum Gasteiger partial charge on any atom is -0.381 e. The van der Waals surface area contributed by atoms with Crippen LogP contribution in [-0.2, 0) is 21.0 Å². The summed E-state index contributed by atoms with van der Waals surface area (Å²) >= 11 is 5.86. The van der Waals surface area contributed by atoms with Crippen molar-refractivity contribution in [1.82, 2.24) is 4.98 Å². The van der Waals surface area contributed by atoms with Crippen LogP contribution in [0.4, 0.5) is 0 Å². The molecule has 5 nitrogen and oxygen atoms in total. The molecule has 0 atom stereocenters. The number of aromatic amines is 1. The molecule has 1 saturated heterocycles. The number of allylic oxidation sites excluding steroid dienone is 2. The zero-order chi connectivity index (χ0) is 19.4. The molecule has 1 aliphatic rings. The SMILES string of the molecule is CS(=O)(=O)c1ccc(C/C(=C/C2CCOCC2)c2ccc(Cl)c(=O)[nH]2)cc1. The zero-order valence-electron chi connectivity index (χ0n) is 15.1. The van der Waals surface area contributed by atoms with Crippen molar-refractivity contribution in [3.8, 4) is 0 Å². The first-order valence-electron chi connectivity index (χ1n) is 8.79. The van der Waals surface area contributed by atoms with Gasteiger partial charge in [-0.05, 0) is 60.6 Å². The van der Waals surface area contributed by atoms with Crippen LogP contribution in [0.5, 0.6) is 0 Å². The van der Waals surface area contributed by atoms with E-state index in [1.807, 2.05) is 12.1 Å². The molecular formula is C20H22ClNO4S. The van der Waals surface area contributed by atoms with Gasteiger partial charge < -0.3 is 9.72 Å². The first-order valence-corrected chi connectivity index (χ1v) is 11.1. The molecule has 1 aromatic heterocycles. The molecule has 1 N–H and O–H groups in total. The second-order valence-electron chi connectivity index (χ2n) is 6.78. The van der Waals surface area contributed by atoms with Crippen molar-refractivity contribution in [3.05, 3.63) is 69.1 Å². The maximum Gasteiger partial charge on any atom is 0.267 e. The van der Waals surface area contributed by atoms with Gasteiger partial charge in [-0.1, -0.05) is 29.8 Å². The van der Waals surface area contributed by atoms with E-state index in [1.54, 1.807) is 24.3 Å². The van der Waals surface area contributed by atoms with Crippen LogP contribution in [0.3, 0.4) is 0 Å². The molecule has 0 spiro atoms. The molecule has 0 saturated carbocycles. The van der Waals surface area contributed by atoms with Crippen molar-refractivity contribution in [2.45, 2.75) is 24.2 Å². The highest BCUT2D eigenvalue weighted by Crippen LogP contribution is 2.25. The second kappa shape index (κ2) is 8.42. The van der Waals surface area contributed by atoms with E-state index in [4.69, 9.17) is 16.3 Å². The van der Waals surface area contributed by atoms with Gasteiger partial charge in [-0.2, -0.15) is 0 Å². The fourth-order valence-corrected chi connectivity index (χ4v) is 3.87. The molecule has 0 aliphatic carbocycles. The third-order valence-electron chi connectivity index (χ3n) is 4.66. The molecule has 0 amide bonds. The maximum atomic E-state index is 11.9. The molecule has 3 rings (SSSR count). The Bertz CT molecular complexity index is 987. The van der Waals surface area contributed by atoms with Gasteiger partial charge in [0.05, 0.1) is 4.90 Å². The molecule has 0 unspecified atom stereocenters. The summed E-state index contributed by atoms with van der Waals surface area (Å²) < 4.78 is 28.7. The molecule has 0 bridgehead atoms. The molecule has 27 heavy (non-hydrogen) atoms. The van der Waals surface area contributed by atoms with Crippen LogP contribution in [0.15, 0.2) is 52.2 Å². The summed E-state index contributed by atoms with van der Waals surface area (Å²) in [5.41, 5.74) is 2.36. The van der Waals surface area contributed by atoms with Crippen LogP contribution >= 0.6 is 11.6 Å². The summed E-state index contributed by atoms with van der Waals surface area (Å²) in [6.45, 7) is 1.46.